The molecule has 0 aromatic rings. The van der Waals surface area contributed by atoms with Crippen molar-refractivity contribution in [1.29, 1.82) is 0 Å². The van der Waals surface area contributed by atoms with E-state index in [4.69, 9.17) is 5.11 Å². The van der Waals surface area contributed by atoms with Crippen LogP contribution in [-0.4, -0.2) is 23.1 Å². The number of carboxylic acid groups (broad SMARTS) is 1. The van der Waals surface area contributed by atoms with Gasteiger partial charge in [0.2, 0.25) is 0 Å². The fraction of sp³-hybridized carbons (Fsp3) is 0.500. The topological polar surface area (TPSA) is 71.4 Å². The third-order valence-corrected chi connectivity index (χ3v) is 1.04. The van der Waals surface area contributed by atoms with Gasteiger partial charge in [0.25, 0.3) is 0 Å². The third kappa shape index (κ3) is 5.88. The number of carboxylic acids is 1. The second kappa shape index (κ2) is 6.19. The number of carbonyl (C=O) groups excluding carboxylic acids is 2. The van der Waals surface area contributed by atoms with Crippen molar-refractivity contribution >= 4 is 18.0 Å². The smallest absolute Gasteiger partial charge is 0.310 e. The summed E-state index contributed by atoms with van der Waals surface area (Å²) in [5, 5.41) is 8.09. The molecule has 0 aliphatic heterocycles. The van der Waals surface area contributed by atoms with E-state index in [1.165, 1.54) is 6.92 Å². The van der Waals surface area contributed by atoms with Crippen LogP contribution in [0.3, 0.4) is 0 Å². The van der Waals surface area contributed by atoms with Crippen LogP contribution in [0, 0.1) is 5.92 Å². The van der Waals surface area contributed by atoms with E-state index in [-0.39, 0.29) is 20.1 Å². The van der Waals surface area contributed by atoms with E-state index >= 15 is 0 Å². The molecule has 11 heavy (non-hydrogen) atoms. The molecular weight excluding hydrogens is 328 g/mol. The van der Waals surface area contributed by atoms with Gasteiger partial charge < -0.3 is 9.90 Å². The molecule has 4 nitrogen and oxygen atoms in total. The fourth-order valence-corrected chi connectivity index (χ4v) is 0.386. The molecule has 0 aromatic heterocycles. The van der Waals surface area contributed by atoms with E-state index in [1.807, 2.05) is 0 Å². The number of rotatable bonds is 4. The van der Waals surface area contributed by atoms with E-state index in [0.717, 1.165) is 0 Å². The van der Waals surface area contributed by atoms with Crippen molar-refractivity contribution in [1.82, 2.24) is 0 Å². The molecule has 5 heteroatoms. The van der Waals surface area contributed by atoms with Crippen LogP contribution in [0.5, 0.6) is 0 Å². The molecule has 0 amide bonds. The second-order valence-corrected chi connectivity index (χ2v) is 1.96. The van der Waals surface area contributed by atoms with Crippen LogP contribution in [0.15, 0.2) is 0 Å². The summed E-state index contributed by atoms with van der Waals surface area (Å²) in [6.07, 6.45) is -0.134. The average Bonchev–Trinajstić information content (AvgIpc) is 1.85. The minimum absolute atomic E-state index is 0. The van der Waals surface area contributed by atoms with Crippen LogP contribution in [-0.2, 0) is 34.5 Å². The Bertz CT molecular complexity index is 166. The number of ketones is 1. The van der Waals surface area contributed by atoms with Crippen molar-refractivity contribution < 1.29 is 39.6 Å². The van der Waals surface area contributed by atoms with Crippen molar-refractivity contribution in [3.63, 3.8) is 0 Å². The minimum Gasteiger partial charge on any atom is -0.481 e. The van der Waals surface area contributed by atoms with E-state index in [2.05, 4.69) is 0 Å². The summed E-state index contributed by atoms with van der Waals surface area (Å²) in [7, 11) is 0. The van der Waals surface area contributed by atoms with Crippen LogP contribution in [0.25, 0.3) is 0 Å². The first-order valence-corrected chi connectivity index (χ1v) is 2.77. The van der Waals surface area contributed by atoms with Crippen LogP contribution >= 0.6 is 0 Å². The number of aliphatic carboxylic acids is 1. The van der Waals surface area contributed by atoms with Crippen LogP contribution in [0.4, 0.5) is 0 Å². The van der Waals surface area contributed by atoms with Gasteiger partial charge in [-0.2, -0.15) is 0 Å². The first-order chi connectivity index (χ1) is 4.57. The van der Waals surface area contributed by atoms with E-state index in [9.17, 15) is 14.4 Å². The number of aldehydes is 1. The molecule has 0 fully saturated rings. The Labute approximate surface area is 77.3 Å². The van der Waals surface area contributed by atoms with Crippen molar-refractivity contribution in [3.05, 3.63) is 0 Å². The van der Waals surface area contributed by atoms with Gasteiger partial charge in [-0.3, -0.25) is 9.59 Å². The van der Waals surface area contributed by atoms with Gasteiger partial charge in [0.05, 0.1) is 5.92 Å². The predicted molar refractivity (Wildman–Crippen MR) is 32.5 cm³/mol. The molecule has 0 heterocycles. The van der Waals surface area contributed by atoms with Gasteiger partial charge in [-0.15, -0.1) is 0 Å². The minimum atomic E-state index is -1.20. The molecule has 1 radical (unpaired) electrons. The van der Waals surface area contributed by atoms with Gasteiger partial charge in [-0.05, 0) is 6.92 Å². The molecule has 0 bridgehead atoms. The Morgan fingerprint density at radius 3 is 2.27 bits per heavy atom. The molecule has 0 aliphatic rings. The maximum absolute atomic E-state index is 10.6. The summed E-state index contributed by atoms with van der Waals surface area (Å²) >= 11 is 0. The Balaban J connectivity index is 0. The largest absolute Gasteiger partial charge is 0.481 e. The molecule has 0 spiro atoms. The van der Waals surface area contributed by atoms with Gasteiger partial charge in [0.15, 0.2) is 5.78 Å². The molecule has 0 saturated carbocycles. The Hall–Kier alpha value is -0.541. The molecule has 1 N–H and O–H groups in total. The van der Waals surface area contributed by atoms with Gasteiger partial charge in [0.1, 0.15) is 12.7 Å². The van der Waals surface area contributed by atoms with Gasteiger partial charge in [0, 0.05) is 20.1 Å². The van der Waals surface area contributed by atoms with Crippen molar-refractivity contribution in [2.75, 3.05) is 0 Å². The Morgan fingerprint density at radius 1 is 1.55 bits per heavy atom. The van der Waals surface area contributed by atoms with E-state index in [0.29, 0.717) is 6.29 Å². The summed E-state index contributed by atoms with van der Waals surface area (Å²) in [6.45, 7) is 1.37. The maximum atomic E-state index is 10.6. The number of hydrogen-bond acceptors (Lipinski definition) is 3. The third-order valence-electron chi connectivity index (χ3n) is 1.04. The van der Waals surface area contributed by atoms with Crippen LogP contribution in [0.2, 0.25) is 0 Å². The zero-order chi connectivity index (χ0) is 8.15. The molecule has 0 saturated heterocycles. The molecule has 0 aromatic carbocycles. The molecule has 0 aliphatic carbocycles. The van der Waals surface area contributed by atoms with Crippen molar-refractivity contribution in [2.24, 2.45) is 5.92 Å². The normalized spacial score (nSPS) is 11.0. The molecule has 1 unspecified atom stereocenters. The van der Waals surface area contributed by atoms with E-state index in [1.54, 1.807) is 0 Å². The first kappa shape index (κ1) is 13.1. The standard InChI is InChI=1S/C6H8O4.Ir/c1-4(3-7)5(8)2-6(9)10;/h3-4H,2H2,1H3,(H,9,10);. The monoisotopic (exact) mass is 337 g/mol. The Kier molecular flexibility index (Phi) is 7.36. The molecule has 65 valence electrons. The fourth-order valence-electron chi connectivity index (χ4n) is 0.386. The summed E-state index contributed by atoms with van der Waals surface area (Å²) in [5.41, 5.74) is 0. The van der Waals surface area contributed by atoms with Crippen LogP contribution < -0.4 is 0 Å². The first-order valence-electron chi connectivity index (χ1n) is 2.77. The van der Waals surface area contributed by atoms with Crippen LogP contribution in [0.1, 0.15) is 13.3 Å². The predicted octanol–water partition coefficient (Wildman–Crippen LogP) is -0.137. The van der Waals surface area contributed by atoms with E-state index < -0.39 is 24.1 Å². The number of carbonyl (C=O) groups is 3. The molecule has 0 rings (SSSR count). The number of hydrogen-bond donors (Lipinski definition) is 1. The zero-order valence-corrected chi connectivity index (χ0v) is 8.26. The Morgan fingerprint density at radius 2 is 2.00 bits per heavy atom. The maximum Gasteiger partial charge on any atom is 0.310 e. The summed E-state index contributed by atoms with van der Waals surface area (Å²) in [5.74, 6) is -2.54. The summed E-state index contributed by atoms with van der Waals surface area (Å²) in [4.78, 5) is 30.4. The van der Waals surface area contributed by atoms with Crippen molar-refractivity contribution in [3.8, 4) is 0 Å². The second-order valence-electron chi connectivity index (χ2n) is 1.96. The SMILES string of the molecule is CC(C=O)C(=O)CC(=O)O.[Ir]. The van der Waals surface area contributed by atoms with Crippen molar-refractivity contribution in [2.45, 2.75) is 13.3 Å². The quantitative estimate of drug-likeness (QED) is 0.573. The summed E-state index contributed by atoms with van der Waals surface area (Å²) in [6, 6.07) is 0. The zero-order valence-electron chi connectivity index (χ0n) is 5.87. The number of Topliss-reactive ketones (excluding diaryl/α,β-unsaturated/α-hetero) is 1. The van der Waals surface area contributed by atoms with Gasteiger partial charge in [-0.1, -0.05) is 0 Å². The summed E-state index contributed by atoms with van der Waals surface area (Å²) < 4.78 is 0. The molecule has 1 atom stereocenters. The van der Waals surface area contributed by atoms with Gasteiger partial charge in [-0.25, -0.2) is 0 Å². The average molecular weight is 336 g/mol. The van der Waals surface area contributed by atoms with Gasteiger partial charge >= 0.3 is 5.97 Å². The molecular formula is C6H8IrO4.